The second-order valence-electron chi connectivity index (χ2n) is 4.92. The van der Waals surface area contributed by atoms with Crippen LogP contribution in [-0.4, -0.2) is 17.5 Å². The van der Waals surface area contributed by atoms with E-state index in [0.717, 1.165) is 0 Å². The zero-order chi connectivity index (χ0) is 13.9. The molecule has 1 aromatic rings. The normalized spacial score (nSPS) is 10.9. The number of halogens is 1. The molecule has 0 radical (unpaired) electrons. The van der Waals surface area contributed by atoms with Crippen LogP contribution in [0.3, 0.4) is 0 Å². The van der Waals surface area contributed by atoms with Crippen molar-refractivity contribution in [2.45, 2.75) is 33.3 Å². The van der Waals surface area contributed by atoms with Crippen LogP contribution < -0.4 is 5.32 Å². The summed E-state index contributed by atoms with van der Waals surface area (Å²) in [6.07, 6.45) is 0. The predicted octanol–water partition coefficient (Wildman–Crippen LogP) is 2.41. The molecule has 0 bridgehead atoms. The van der Waals surface area contributed by atoms with E-state index >= 15 is 0 Å². The summed E-state index contributed by atoms with van der Waals surface area (Å²) in [5.74, 6) is -2.22. The number of amides is 1. The zero-order valence-corrected chi connectivity index (χ0v) is 10.8. The number of benzene rings is 1. The molecule has 18 heavy (non-hydrogen) atoms. The molecule has 1 aromatic carbocycles. The Morgan fingerprint density at radius 1 is 1.28 bits per heavy atom. The molecule has 0 unspecified atom stereocenters. The molecule has 1 amide bonds. The summed E-state index contributed by atoms with van der Waals surface area (Å²) in [6, 6.07) is 4.04. The quantitative estimate of drug-likeness (QED) is 0.617. The smallest absolute Gasteiger partial charge is 0.397 e. The standard InChI is InChI=1S/C13H16FNO3/c1-8-7-9(5-6-10(8)14)15-11(16)12(17)18-13(2,3)4/h5-7H,1-4H3,(H,15,16). The van der Waals surface area contributed by atoms with E-state index in [4.69, 9.17) is 4.74 Å². The van der Waals surface area contributed by atoms with Crippen molar-refractivity contribution in [1.29, 1.82) is 0 Å². The van der Waals surface area contributed by atoms with Crippen molar-refractivity contribution < 1.29 is 18.7 Å². The third-order valence-corrected chi connectivity index (χ3v) is 2.00. The maximum atomic E-state index is 13.0. The molecule has 5 heteroatoms. The summed E-state index contributed by atoms with van der Waals surface area (Å²) in [5, 5.41) is 2.35. The molecular formula is C13H16FNO3. The van der Waals surface area contributed by atoms with Crippen molar-refractivity contribution in [2.75, 3.05) is 5.32 Å². The first-order chi connectivity index (χ1) is 8.19. The van der Waals surface area contributed by atoms with E-state index in [1.807, 2.05) is 0 Å². The zero-order valence-electron chi connectivity index (χ0n) is 10.8. The van der Waals surface area contributed by atoms with Crippen LogP contribution in [0.1, 0.15) is 26.3 Å². The molecule has 1 N–H and O–H groups in total. The van der Waals surface area contributed by atoms with Gasteiger partial charge in [-0.15, -0.1) is 0 Å². The Kier molecular flexibility index (Phi) is 4.06. The number of aryl methyl sites for hydroxylation is 1. The van der Waals surface area contributed by atoms with Crippen LogP contribution in [0, 0.1) is 12.7 Å². The van der Waals surface area contributed by atoms with Gasteiger partial charge in [-0.1, -0.05) is 0 Å². The molecule has 0 heterocycles. The van der Waals surface area contributed by atoms with Gasteiger partial charge in [-0.25, -0.2) is 9.18 Å². The van der Waals surface area contributed by atoms with Gasteiger partial charge in [0.2, 0.25) is 0 Å². The molecule has 0 aliphatic heterocycles. The molecule has 0 saturated heterocycles. The molecule has 98 valence electrons. The lowest BCUT2D eigenvalue weighted by molar-refractivity contribution is -0.161. The maximum absolute atomic E-state index is 13.0. The summed E-state index contributed by atoms with van der Waals surface area (Å²) in [6.45, 7) is 6.57. The number of hydrogen-bond donors (Lipinski definition) is 1. The van der Waals surface area contributed by atoms with E-state index in [9.17, 15) is 14.0 Å². The number of esters is 1. The minimum atomic E-state index is -0.968. The van der Waals surface area contributed by atoms with Gasteiger partial charge < -0.3 is 10.1 Å². The van der Waals surface area contributed by atoms with Gasteiger partial charge in [0.05, 0.1) is 0 Å². The predicted molar refractivity (Wildman–Crippen MR) is 65.6 cm³/mol. The van der Waals surface area contributed by atoms with Crippen molar-refractivity contribution in [3.63, 3.8) is 0 Å². The number of rotatable bonds is 1. The lowest BCUT2D eigenvalue weighted by atomic mass is 10.2. The fraction of sp³-hybridized carbons (Fsp3) is 0.385. The summed E-state index contributed by atoms with van der Waals surface area (Å²) < 4.78 is 17.9. The van der Waals surface area contributed by atoms with E-state index in [1.165, 1.54) is 18.2 Å². The number of carbonyl (C=O) groups excluding carboxylic acids is 2. The fourth-order valence-electron chi connectivity index (χ4n) is 1.23. The van der Waals surface area contributed by atoms with Gasteiger partial charge in [-0.05, 0) is 51.5 Å². The molecule has 0 saturated carbocycles. The number of nitrogens with one attached hydrogen (secondary N) is 1. The Hall–Kier alpha value is -1.91. The molecule has 4 nitrogen and oxygen atoms in total. The second kappa shape index (κ2) is 5.16. The third kappa shape index (κ3) is 4.16. The molecule has 0 aliphatic carbocycles. The average molecular weight is 253 g/mol. The largest absolute Gasteiger partial charge is 0.453 e. The van der Waals surface area contributed by atoms with Crippen molar-refractivity contribution in [3.05, 3.63) is 29.6 Å². The van der Waals surface area contributed by atoms with Crippen LogP contribution in [0.15, 0.2) is 18.2 Å². The highest BCUT2D eigenvalue weighted by molar-refractivity contribution is 6.37. The number of anilines is 1. The van der Waals surface area contributed by atoms with Crippen molar-refractivity contribution in [1.82, 2.24) is 0 Å². The minimum absolute atomic E-state index is 0.352. The molecule has 0 atom stereocenters. The number of carbonyl (C=O) groups is 2. The maximum Gasteiger partial charge on any atom is 0.397 e. The van der Waals surface area contributed by atoms with E-state index < -0.39 is 17.5 Å². The first-order valence-electron chi connectivity index (χ1n) is 5.49. The van der Waals surface area contributed by atoms with E-state index in [2.05, 4.69) is 5.32 Å². The second-order valence-corrected chi connectivity index (χ2v) is 4.92. The van der Waals surface area contributed by atoms with Gasteiger partial charge in [-0.2, -0.15) is 0 Å². The van der Waals surface area contributed by atoms with E-state index in [-0.39, 0.29) is 5.82 Å². The van der Waals surface area contributed by atoms with Crippen molar-refractivity contribution in [3.8, 4) is 0 Å². The summed E-state index contributed by atoms with van der Waals surface area (Å²) in [7, 11) is 0. The first kappa shape index (κ1) is 14.2. The van der Waals surface area contributed by atoms with Crippen LogP contribution >= 0.6 is 0 Å². The average Bonchev–Trinajstić information content (AvgIpc) is 2.21. The van der Waals surface area contributed by atoms with Crippen LogP contribution in [-0.2, 0) is 14.3 Å². The van der Waals surface area contributed by atoms with Crippen LogP contribution in [0.4, 0.5) is 10.1 Å². The highest BCUT2D eigenvalue weighted by Gasteiger charge is 2.22. The van der Waals surface area contributed by atoms with E-state index in [0.29, 0.717) is 11.3 Å². The Morgan fingerprint density at radius 3 is 2.39 bits per heavy atom. The van der Waals surface area contributed by atoms with Gasteiger partial charge >= 0.3 is 11.9 Å². The SMILES string of the molecule is Cc1cc(NC(=O)C(=O)OC(C)(C)C)ccc1F. The summed E-state index contributed by atoms with van der Waals surface area (Å²) in [5.41, 5.74) is 0.00870. The molecule has 0 spiro atoms. The first-order valence-corrected chi connectivity index (χ1v) is 5.49. The van der Waals surface area contributed by atoms with Gasteiger partial charge in [-0.3, -0.25) is 4.79 Å². The Morgan fingerprint density at radius 2 is 1.89 bits per heavy atom. The fourth-order valence-corrected chi connectivity index (χ4v) is 1.23. The number of hydrogen-bond acceptors (Lipinski definition) is 3. The highest BCUT2D eigenvalue weighted by Crippen LogP contribution is 2.14. The highest BCUT2D eigenvalue weighted by atomic mass is 19.1. The van der Waals surface area contributed by atoms with Gasteiger partial charge in [0.25, 0.3) is 0 Å². The Labute approximate surface area is 105 Å². The number of ether oxygens (including phenoxy) is 1. The molecular weight excluding hydrogens is 237 g/mol. The molecule has 0 aromatic heterocycles. The third-order valence-electron chi connectivity index (χ3n) is 2.00. The molecule has 0 aliphatic rings. The van der Waals surface area contributed by atoms with Gasteiger partial charge in [0.1, 0.15) is 11.4 Å². The van der Waals surface area contributed by atoms with Crippen molar-refractivity contribution in [2.24, 2.45) is 0 Å². The lowest BCUT2D eigenvalue weighted by Crippen LogP contribution is -2.32. The van der Waals surface area contributed by atoms with Crippen LogP contribution in [0.25, 0.3) is 0 Å². The monoisotopic (exact) mass is 253 g/mol. The van der Waals surface area contributed by atoms with Crippen LogP contribution in [0.5, 0.6) is 0 Å². The summed E-state index contributed by atoms with van der Waals surface area (Å²) in [4.78, 5) is 22.9. The minimum Gasteiger partial charge on any atom is -0.453 e. The topological polar surface area (TPSA) is 55.4 Å². The molecule has 1 rings (SSSR count). The lowest BCUT2D eigenvalue weighted by Gasteiger charge is -2.18. The Balaban J connectivity index is 2.70. The van der Waals surface area contributed by atoms with Crippen molar-refractivity contribution >= 4 is 17.6 Å². The Bertz CT molecular complexity index is 478. The van der Waals surface area contributed by atoms with Gasteiger partial charge in [0, 0.05) is 5.69 Å². The molecule has 0 fully saturated rings. The van der Waals surface area contributed by atoms with E-state index in [1.54, 1.807) is 27.7 Å². The summed E-state index contributed by atoms with van der Waals surface area (Å²) >= 11 is 0. The van der Waals surface area contributed by atoms with Crippen LogP contribution in [0.2, 0.25) is 0 Å². The van der Waals surface area contributed by atoms with Gasteiger partial charge in [0.15, 0.2) is 0 Å².